The standard InChI is InChI=1S/C66H44N4/c1-3-15-45(16-4-1)47-29-36-53(37-30-47)69(54-38-31-48(32-39-54)46-17-5-2-6-18-46)55-40-33-49(34-41-55)52-35-42-65-61(43-52)60-25-11-12-28-64(60)70(65)66-67-62(58-26-13-21-50-19-7-9-23-56(50)58)44-63(68-66)59-27-14-22-51-20-8-10-24-57(51)59/h1-44H. The molecule has 0 fully saturated rings. The van der Waals surface area contributed by atoms with E-state index in [1.54, 1.807) is 0 Å². The van der Waals surface area contributed by atoms with Gasteiger partial charge in [-0.05, 0) is 116 Å². The quantitative estimate of drug-likeness (QED) is 0.145. The highest BCUT2D eigenvalue weighted by atomic mass is 15.2. The summed E-state index contributed by atoms with van der Waals surface area (Å²) < 4.78 is 2.24. The molecule has 2 aromatic heterocycles. The Kier molecular flexibility index (Phi) is 10.1. The van der Waals surface area contributed by atoms with Crippen molar-refractivity contribution in [3.05, 3.63) is 267 Å². The fraction of sp³-hybridized carbons (Fsp3) is 0. The van der Waals surface area contributed by atoms with Gasteiger partial charge in [0.2, 0.25) is 5.95 Å². The van der Waals surface area contributed by atoms with Crippen molar-refractivity contribution in [2.45, 2.75) is 0 Å². The topological polar surface area (TPSA) is 34.0 Å². The lowest BCUT2D eigenvalue weighted by Gasteiger charge is -2.26. The minimum absolute atomic E-state index is 0.630. The van der Waals surface area contributed by atoms with Gasteiger partial charge in [-0.3, -0.25) is 4.57 Å². The van der Waals surface area contributed by atoms with Crippen LogP contribution in [0.5, 0.6) is 0 Å². The van der Waals surface area contributed by atoms with Gasteiger partial charge in [0.25, 0.3) is 0 Å². The normalized spacial score (nSPS) is 11.4. The van der Waals surface area contributed by atoms with Crippen molar-refractivity contribution in [1.29, 1.82) is 0 Å². The van der Waals surface area contributed by atoms with Gasteiger partial charge < -0.3 is 4.90 Å². The van der Waals surface area contributed by atoms with Crippen LogP contribution in [0.1, 0.15) is 0 Å². The second-order valence-corrected chi connectivity index (χ2v) is 17.8. The molecule has 0 atom stereocenters. The Morgan fingerprint density at radius 2 is 0.657 bits per heavy atom. The van der Waals surface area contributed by atoms with Gasteiger partial charge in [0.15, 0.2) is 0 Å². The fourth-order valence-electron chi connectivity index (χ4n) is 10.2. The predicted octanol–water partition coefficient (Wildman–Crippen LogP) is 17.7. The molecule has 328 valence electrons. The number of hydrogen-bond donors (Lipinski definition) is 0. The van der Waals surface area contributed by atoms with Gasteiger partial charge in [0.1, 0.15) is 0 Å². The Labute approximate surface area is 406 Å². The van der Waals surface area contributed by atoms with E-state index in [1.807, 2.05) is 0 Å². The number of nitrogens with zero attached hydrogens (tertiary/aromatic N) is 4. The van der Waals surface area contributed by atoms with Crippen molar-refractivity contribution in [2.75, 3.05) is 4.90 Å². The van der Waals surface area contributed by atoms with Crippen molar-refractivity contribution >= 4 is 60.4 Å². The third kappa shape index (κ3) is 7.36. The lowest BCUT2D eigenvalue weighted by Crippen LogP contribution is -2.09. The van der Waals surface area contributed by atoms with Gasteiger partial charge in [-0.15, -0.1) is 0 Å². The van der Waals surface area contributed by atoms with Gasteiger partial charge >= 0.3 is 0 Å². The van der Waals surface area contributed by atoms with Gasteiger partial charge in [-0.25, -0.2) is 9.97 Å². The number of rotatable bonds is 9. The molecule has 70 heavy (non-hydrogen) atoms. The van der Waals surface area contributed by atoms with Crippen molar-refractivity contribution in [1.82, 2.24) is 14.5 Å². The molecule has 0 bridgehead atoms. The Bertz CT molecular complexity index is 3840. The van der Waals surface area contributed by atoms with E-state index >= 15 is 0 Å². The molecule has 0 saturated heterocycles. The van der Waals surface area contributed by atoms with Crippen LogP contribution in [-0.2, 0) is 0 Å². The van der Waals surface area contributed by atoms with E-state index in [0.717, 1.165) is 83.3 Å². The maximum Gasteiger partial charge on any atom is 0.235 e. The van der Waals surface area contributed by atoms with E-state index < -0.39 is 0 Å². The first kappa shape index (κ1) is 40.9. The van der Waals surface area contributed by atoms with Crippen LogP contribution in [0.25, 0.3) is 105 Å². The SMILES string of the molecule is c1ccc(-c2ccc(N(c3ccc(-c4ccccc4)cc3)c3ccc(-c4ccc5c(c4)c4ccccc4n5-c4nc(-c5cccc6ccccc56)cc(-c5cccc6ccccc56)n4)cc3)cc2)cc1. The number of anilines is 3. The molecule has 0 N–H and O–H groups in total. The minimum atomic E-state index is 0.630. The van der Waals surface area contributed by atoms with Crippen LogP contribution in [0.4, 0.5) is 17.1 Å². The molecule has 13 rings (SSSR count). The molecule has 0 spiro atoms. The van der Waals surface area contributed by atoms with Crippen LogP contribution in [0.15, 0.2) is 267 Å². The molecule has 13 aromatic rings. The zero-order valence-corrected chi connectivity index (χ0v) is 38.2. The van der Waals surface area contributed by atoms with Crippen molar-refractivity contribution in [3.8, 4) is 61.8 Å². The molecule has 2 heterocycles. The summed E-state index contributed by atoms with van der Waals surface area (Å²) in [6.45, 7) is 0. The lowest BCUT2D eigenvalue weighted by molar-refractivity contribution is 0.997. The molecular weight excluding hydrogens is 849 g/mol. The largest absolute Gasteiger partial charge is 0.311 e. The van der Waals surface area contributed by atoms with E-state index in [1.165, 1.54) is 33.0 Å². The molecule has 0 amide bonds. The third-order valence-electron chi connectivity index (χ3n) is 13.6. The van der Waals surface area contributed by atoms with Gasteiger partial charge in [0.05, 0.1) is 22.4 Å². The van der Waals surface area contributed by atoms with E-state index in [0.29, 0.717) is 5.95 Å². The molecular formula is C66H44N4. The minimum Gasteiger partial charge on any atom is -0.311 e. The zero-order chi connectivity index (χ0) is 46.4. The highest BCUT2D eigenvalue weighted by molar-refractivity contribution is 6.10. The second-order valence-electron chi connectivity index (χ2n) is 17.8. The Morgan fingerprint density at radius 3 is 1.17 bits per heavy atom. The molecule has 0 saturated carbocycles. The van der Waals surface area contributed by atoms with Crippen molar-refractivity contribution in [2.24, 2.45) is 0 Å². The first-order chi connectivity index (χ1) is 34.7. The second kappa shape index (κ2) is 17.4. The van der Waals surface area contributed by atoms with Crippen molar-refractivity contribution < 1.29 is 0 Å². The first-order valence-corrected chi connectivity index (χ1v) is 23.8. The summed E-state index contributed by atoms with van der Waals surface area (Å²) in [7, 11) is 0. The van der Waals surface area contributed by atoms with Gasteiger partial charge in [-0.2, -0.15) is 0 Å². The fourth-order valence-corrected chi connectivity index (χ4v) is 10.2. The summed E-state index contributed by atoms with van der Waals surface area (Å²) in [6.07, 6.45) is 0. The van der Waals surface area contributed by atoms with E-state index in [2.05, 4.69) is 276 Å². The van der Waals surface area contributed by atoms with Crippen LogP contribution in [0.3, 0.4) is 0 Å². The molecule has 0 aliphatic rings. The summed E-state index contributed by atoms with van der Waals surface area (Å²) >= 11 is 0. The molecule has 0 radical (unpaired) electrons. The number of fused-ring (bicyclic) bond motifs is 5. The molecule has 0 aliphatic carbocycles. The number of aromatic nitrogens is 3. The Hall–Kier alpha value is -9.38. The highest BCUT2D eigenvalue weighted by Crippen LogP contribution is 2.41. The summed E-state index contributed by atoms with van der Waals surface area (Å²) in [5.74, 6) is 0.630. The maximum absolute atomic E-state index is 5.45. The molecule has 0 unspecified atom stereocenters. The van der Waals surface area contributed by atoms with Crippen LogP contribution in [0.2, 0.25) is 0 Å². The molecule has 4 nitrogen and oxygen atoms in total. The molecule has 11 aromatic carbocycles. The average molecular weight is 893 g/mol. The van der Waals surface area contributed by atoms with Gasteiger partial charge in [-0.1, -0.05) is 206 Å². The Morgan fingerprint density at radius 1 is 0.271 bits per heavy atom. The summed E-state index contributed by atoms with van der Waals surface area (Å²) in [5.41, 5.74) is 16.3. The summed E-state index contributed by atoms with van der Waals surface area (Å²) in [5, 5.41) is 6.94. The average Bonchev–Trinajstić information content (AvgIpc) is 3.77. The van der Waals surface area contributed by atoms with Gasteiger partial charge in [0, 0.05) is 39.0 Å². The molecule has 4 heteroatoms. The summed E-state index contributed by atoms with van der Waals surface area (Å²) in [4.78, 5) is 13.2. The van der Waals surface area contributed by atoms with Crippen LogP contribution < -0.4 is 4.90 Å². The maximum atomic E-state index is 5.45. The first-order valence-electron chi connectivity index (χ1n) is 23.8. The highest BCUT2D eigenvalue weighted by Gasteiger charge is 2.20. The lowest BCUT2D eigenvalue weighted by atomic mass is 9.99. The smallest absolute Gasteiger partial charge is 0.235 e. The molecule has 0 aliphatic heterocycles. The van der Waals surface area contributed by atoms with Crippen molar-refractivity contribution in [3.63, 3.8) is 0 Å². The number of benzene rings is 11. The summed E-state index contributed by atoms with van der Waals surface area (Å²) in [6, 6.07) is 95.4. The van der Waals surface area contributed by atoms with E-state index in [4.69, 9.17) is 9.97 Å². The zero-order valence-electron chi connectivity index (χ0n) is 38.2. The van der Waals surface area contributed by atoms with E-state index in [9.17, 15) is 0 Å². The van der Waals surface area contributed by atoms with Crippen LogP contribution >= 0.6 is 0 Å². The monoisotopic (exact) mass is 892 g/mol. The third-order valence-corrected chi connectivity index (χ3v) is 13.6. The number of para-hydroxylation sites is 1. The van der Waals surface area contributed by atoms with Crippen LogP contribution in [0, 0.1) is 0 Å². The Balaban J connectivity index is 0.916. The number of hydrogen-bond acceptors (Lipinski definition) is 3. The van der Waals surface area contributed by atoms with E-state index in [-0.39, 0.29) is 0 Å². The predicted molar refractivity (Wildman–Crippen MR) is 293 cm³/mol. The van der Waals surface area contributed by atoms with Crippen LogP contribution in [-0.4, -0.2) is 14.5 Å².